The number of nitrogens with zero attached hydrogens (tertiary/aromatic N) is 1. The van der Waals surface area contributed by atoms with Gasteiger partial charge in [-0.3, -0.25) is 9.78 Å². The summed E-state index contributed by atoms with van der Waals surface area (Å²) in [7, 11) is 0. The summed E-state index contributed by atoms with van der Waals surface area (Å²) in [6, 6.07) is 10.5. The minimum atomic E-state index is -1.11. The van der Waals surface area contributed by atoms with Crippen LogP contribution < -0.4 is 10.6 Å². The molecule has 150 valence electrons. The first-order valence-electron chi connectivity index (χ1n) is 8.74. The molecule has 0 aliphatic heterocycles. The van der Waals surface area contributed by atoms with Gasteiger partial charge in [-0.15, -0.1) is 0 Å². The highest BCUT2D eigenvalue weighted by Gasteiger charge is 2.22. The largest absolute Gasteiger partial charge is 0.352 e. The summed E-state index contributed by atoms with van der Waals surface area (Å²) in [5, 5.41) is 5.65. The van der Waals surface area contributed by atoms with Crippen molar-refractivity contribution in [1.82, 2.24) is 10.3 Å². The summed E-state index contributed by atoms with van der Waals surface area (Å²) < 4.78 is 29.8. The molecule has 29 heavy (non-hydrogen) atoms. The van der Waals surface area contributed by atoms with E-state index in [0.29, 0.717) is 18.7 Å². The standard InChI is InChI=1S/C21H17BrF2IN3O/c1-12-10-14(25)2-3-17(12)28-20-15(11-16(22)18(23)19(20)24)21(29)27-9-6-13-4-7-26-8-5-13/h2-5,7-8,10-11,28H,6,9H2,1H3,(H,27,29). The van der Waals surface area contributed by atoms with Crippen LogP contribution in [0.15, 0.2) is 53.3 Å². The lowest BCUT2D eigenvalue weighted by molar-refractivity contribution is 0.0954. The lowest BCUT2D eigenvalue weighted by Crippen LogP contribution is -2.27. The molecular formula is C21H17BrF2IN3O. The Morgan fingerprint density at radius 3 is 2.55 bits per heavy atom. The molecule has 1 heterocycles. The summed E-state index contributed by atoms with van der Waals surface area (Å²) in [6.07, 6.45) is 3.95. The minimum Gasteiger partial charge on any atom is -0.352 e. The van der Waals surface area contributed by atoms with E-state index in [1.54, 1.807) is 18.5 Å². The molecule has 0 unspecified atom stereocenters. The fourth-order valence-electron chi connectivity index (χ4n) is 2.76. The maximum atomic E-state index is 14.7. The van der Waals surface area contributed by atoms with Gasteiger partial charge in [-0.2, -0.15) is 0 Å². The predicted octanol–water partition coefficient (Wildman–Crippen LogP) is 5.75. The van der Waals surface area contributed by atoms with E-state index in [9.17, 15) is 13.6 Å². The van der Waals surface area contributed by atoms with Crippen LogP contribution in [0.2, 0.25) is 0 Å². The molecule has 0 saturated carbocycles. The van der Waals surface area contributed by atoms with Crippen molar-refractivity contribution in [2.45, 2.75) is 13.3 Å². The number of anilines is 2. The van der Waals surface area contributed by atoms with Crippen LogP contribution in [-0.4, -0.2) is 17.4 Å². The van der Waals surface area contributed by atoms with Gasteiger partial charge < -0.3 is 10.6 Å². The van der Waals surface area contributed by atoms with Crippen LogP contribution in [0.25, 0.3) is 0 Å². The summed E-state index contributed by atoms with van der Waals surface area (Å²) in [5.41, 5.74) is 2.28. The van der Waals surface area contributed by atoms with E-state index < -0.39 is 17.5 Å². The summed E-state index contributed by atoms with van der Waals surface area (Å²) >= 11 is 5.15. The zero-order valence-corrected chi connectivity index (χ0v) is 19.1. The number of pyridine rings is 1. The van der Waals surface area contributed by atoms with Crippen LogP contribution in [0.4, 0.5) is 20.2 Å². The van der Waals surface area contributed by atoms with Gasteiger partial charge in [-0.05, 0) is 99.4 Å². The quantitative estimate of drug-likeness (QED) is 0.292. The Labute approximate surface area is 189 Å². The number of hydrogen-bond acceptors (Lipinski definition) is 3. The summed E-state index contributed by atoms with van der Waals surface area (Å²) in [6.45, 7) is 2.20. The minimum absolute atomic E-state index is 0.0171. The number of halogens is 4. The molecule has 0 radical (unpaired) electrons. The smallest absolute Gasteiger partial charge is 0.253 e. The molecule has 0 spiro atoms. The first-order valence-corrected chi connectivity index (χ1v) is 10.6. The van der Waals surface area contributed by atoms with Crippen molar-refractivity contribution >= 4 is 55.8 Å². The maximum Gasteiger partial charge on any atom is 0.253 e. The zero-order valence-electron chi connectivity index (χ0n) is 15.4. The van der Waals surface area contributed by atoms with Gasteiger partial charge in [-0.25, -0.2) is 8.78 Å². The van der Waals surface area contributed by atoms with Gasteiger partial charge >= 0.3 is 0 Å². The molecule has 2 N–H and O–H groups in total. The first-order chi connectivity index (χ1) is 13.9. The molecule has 0 fully saturated rings. The third-order valence-electron chi connectivity index (χ3n) is 4.30. The predicted molar refractivity (Wildman–Crippen MR) is 122 cm³/mol. The number of rotatable bonds is 6. The third-order valence-corrected chi connectivity index (χ3v) is 5.55. The van der Waals surface area contributed by atoms with Crippen molar-refractivity contribution in [2.24, 2.45) is 0 Å². The third kappa shape index (κ3) is 5.30. The normalized spacial score (nSPS) is 10.7. The zero-order chi connectivity index (χ0) is 21.0. The number of benzene rings is 2. The Kier molecular flexibility index (Phi) is 7.18. The fourth-order valence-corrected chi connectivity index (χ4v) is 3.81. The number of aromatic nitrogens is 1. The molecule has 0 bridgehead atoms. The molecule has 0 aliphatic rings. The van der Waals surface area contributed by atoms with E-state index in [2.05, 4.69) is 54.1 Å². The monoisotopic (exact) mass is 571 g/mol. The van der Waals surface area contributed by atoms with Gasteiger partial charge in [-0.1, -0.05) is 0 Å². The SMILES string of the molecule is Cc1cc(I)ccc1Nc1c(C(=O)NCCc2ccncc2)cc(Br)c(F)c1F. The molecule has 3 aromatic rings. The average molecular weight is 572 g/mol. The van der Waals surface area contributed by atoms with Crippen LogP contribution in [0.3, 0.4) is 0 Å². The van der Waals surface area contributed by atoms with Crippen LogP contribution in [-0.2, 0) is 6.42 Å². The van der Waals surface area contributed by atoms with Gasteiger partial charge in [0.15, 0.2) is 11.6 Å². The van der Waals surface area contributed by atoms with Crippen molar-refractivity contribution in [3.05, 3.63) is 85.2 Å². The Bertz CT molecular complexity index is 1050. The van der Waals surface area contributed by atoms with E-state index in [4.69, 9.17) is 0 Å². The number of aryl methyl sites for hydroxylation is 1. The van der Waals surface area contributed by atoms with E-state index in [1.807, 2.05) is 31.2 Å². The van der Waals surface area contributed by atoms with Gasteiger partial charge in [0, 0.05) is 28.2 Å². The van der Waals surface area contributed by atoms with Crippen molar-refractivity contribution in [2.75, 3.05) is 11.9 Å². The molecule has 4 nitrogen and oxygen atoms in total. The van der Waals surface area contributed by atoms with E-state index >= 15 is 0 Å². The van der Waals surface area contributed by atoms with Crippen LogP contribution in [0, 0.1) is 22.1 Å². The maximum absolute atomic E-state index is 14.7. The molecule has 0 aliphatic carbocycles. The molecule has 3 rings (SSSR count). The van der Waals surface area contributed by atoms with Gasteiger partial charge in [0.2, 0.25) is 0 Å². The van der Waals surface area contributed by atoms with Crippen LogP contribution >= 0.6 is 38.5 Å². The fraction of sp³-hybridized carbons (Fsp3) is 0.143. The average Bonchev–Trinajstić information content (AvgIpc) is 2.70. The van der Waals surface area contributed by atoms with Gasteiger partial charge in [0.1, 0.15) is 0 Å². The Balaban J connectivity index is 1.85. The number of carbonyl (C=O) groups is 1. The molecule has 1 amide bonds. The molecular weight excluding hydrogens is 555 g/mol. The highest BCUT2D eigenvalue weighted by atomic mass is 127. The highest BCUT2D eigenvalue weighted by Crippen LogP contribution is 2.32. The summed E-state index contributed by atoms with van der Waals surface area (Å²) in [4.78, 5) is 16.7. The van der Waals surface area contributed by atoms with E-state index in [0.717, 1.165) is 14.7 Å². The molecule has 0 saturated heterocycles. The molecule has 0 atom stereocenters. The van der Waals surface area contributed by atoms with Gasteiger partial charge in [0.25, 0.3) is 5.91 Å². The lowest BCUT2D eigenvalue weighted by atomic mass is 10.1. The Morgan fingerprint density at radius 2 is 1.86 bits per heavy atom. The van der Waals surface area contributed by atoms with Crippen molar-refractivity contribution < 1.29 is 13.6 Å². The van der Waals surface area contributed by atoms with E-state index in [1.165, 1.54) is 6.07 Å². The van der Waals surface area contributed by atoms with Crippen molar-refractivity contribution in [1.29, 1.82) is 0 Å². The Hall–Kier alpha value is -2.07. The second-order valence-electron chi connectivity index (χ2n) is 6.35. The molecule has 8 heteroatoms. The highest BCUT2D eigenvalue weighted by molar-refractivity contribution is 14.1. The number of hydrogen-bond donors (Lipinski definition) is 2. The van der Waals surface area contributed by atoms with Gasteiger partial charge in [0.05, 0.1) is 15.7 Å². The number of amides is 1. The van der Waals surface area contributed by atoms with Crippen LogP contribution in [0.1, 0.15) is 21.5 Å². The Morgan fingerprint density at radius 1 is 1.14 bits per heavy atom. The topological polar surface area (TPSA) is 54.0 Å². The lowest BCUT2D eigenvalue weighted by Gasteiger charge is -2.16. The van der Waals surface area contributed by atoms with Crippen LogP contribution in [0.5, 0.6) is 0 Å². The first kappa shape index (κ1) is 21.6. The van der Waals surface area contributed by atoms with Crippen molar-refractivity contribution in [3.63, 3.8) is 0 Å². The molecule has 2 aromatic carbocycles. The van der Waals surface area contributed by atoms with E-state index in [-0.39, 0.29) is 15.7 Å². The van der Waals surface area contributed by atoms with Crippen molar-refractivity contribution in [3.8, 4) is 0 Å². The second kappa shape index (κ2) is 9.62. The second-order valence-corrected chi connectivity index (χ2v) is 8.45. The molecule has 1 aromatic heterocycles. The number of nitrogens with one attached hydrogen (secondary N) is 2. The number of carbonyl (C=O) groups excluding carboxylic acids is 1. The summed E-state index contributed by atoms with van der Waals surface area (Å²) in [5.74, 6) is -2.66.